The predicted molar refractivity (Wildman–Crippen MR) is 139 cm³/mol. The summed E-state index contributed by atoms with van der Waals surface area (Å²) in [5.41, 5.74) is 0.751. The molecule has 0 saturated heterocycles. The second-order valence-corrected chi connectivity index (χ2v) is 11.1. The van der Waals surface area contributed by atoms with E-state index in [4.69, 9.17) is 11.6 Å². The van der Waals surface area contributed by atoms with Crippen LogP contribution in [0.3, 0.4) is 0 Å². The van der Waals surface area contributed by atoms with E-state index in [0.717, 1.165) is 12.0 Å². The molecule has 2 aromatic carbocycles. The van der Waals surface area contributed by atoms with Gasteiger partial charge in [-0.25, -0.2) is 12.7 Å². The quantitative estimate of drug-likeness (QED) is 0.421. The molecule has 0 bridgehead atoms. The highest BCUT2D eigenvalue weighted by atomic mass is 35.5. The van der Waals surface area contributed by atoms with E-state index in [0.29, 0.717) is 17.9 Å². The molecule has 0 aliphatic carbocycles. The fraction of sp³-hybridized carbons (Fsp3) is 0.462. The Morgan fingerprint density at radius 1 is 1.00 bits per heavy atom. The molecule has 0 unspecified atom stereocenters. The molecule has 35 heavy (non-hydrogen) atoms. The zero-order chi connectivity index (χ0) is 26.0. The molecule has 192 valence electrons. The van der Waals surface area contributed by atoms with Crippen LogP contribution in [0.5, 0.6) is 0 Å². The summed E-state index contributed by atoms with van der Waals surface area (Å²) >= 11 is 6.35. The summed E-state index contributed by atoms with van der Waals surface area (Å²) in [5, 5.41) is 3.50. The van der Waals surface area contributed by atoms with Crippen LogP contribution in [0.15, 0.2) is 59.5 Å². The number of amides is 2. The first kappa shape index (κ1) is 28.8. The maximum absolute atomic E-state index is 13.4. The Bertz CT molecular complexity index is 1080. The topological polar surface area (TPSA) is 86.8 Å². The number of benzene rings is 2. The number of halogens is 1. The van der Waals surface area contributed by atoms with E-state index in [1.165, 1.54) is 11.4 Å². The third-order valence-electron chi connectivity index (χ3n) is 6.00. The van der Waals surface area contributed by atoms with Crippen LogP contribution < -0.4 is 5.32 Å². The molecular weight excluding hydrogens is 486 g/mol. The number of rotatable bonds is 13. The summed E-state index contributed by atoms with van der Waals surface area (Å²) in [6, 6.07) is 14.8. The van der Waals surface area contributed by atoms with E-state index in [-0.39, 0.29) is 42.3 Å². The van der Waals surface area contributed by atoms with E-state index in [1.807, 2.05) is 39.0 Å². The van der Waals surface area contributed by atoms with E-state index < -0.39 is 16.1 Å². The predicted octanol–water partition coefficient (Wildman–Crippen LogP) is 4.46. The largest absolute Gasteiger partial charge is 0.352 e. The molecule has 0 saturated carbocycles. The normalized spacial score (nSPS) is 13.3. The van der Waals surface area contributed by atoms with Crippen molar-refractivity contribution in [3.05, 3.63) is 65.2 Å². The molecule has 2 atom stereocenters. The van der Waals surface area contributed by atoms with Gasteiger partial charge in [0.1, 0.15) is 6.04 Å². The van der Waals surface area contributed by atoms with Crippen LogP contribution in [0.25, 0.3) is 0 Å². The molecule has 7 nitrogen and oxygen atoms in total. The van der Waals surface area contributed by atoms with Crippen LogP contribution in [0.4, 0.5) is 0 Å². The van der Waals surface area contributed by atoms with Gasteiger partial charge in [0.15, 0.2) is 0 Å². The molecule has 9 heteroatoms. The molecule has 0 aliphatic rings. The van der Waals surface area contributed by atoms with Gasteiger partial charge in [0.05, 0.1) is 4.90 Å². The minimum atomic E-state index is -3.64. The minimum Gasteiger partial charge on any atom is -0.352 e. The zero-order valence-corrected chi connectivity index (χ0v) is 22.5. The van der Waals surface area contributed by atoms with Crippen molar-refractivity contribution >= 4 is 33.4 Å². The van der Waals surface area contributed by atoms with Crippen molar-refractivity contribution in [1.29, 1.82) is 0 Å². The first-order valence-corrected chi connectivity index (χ1v) is 13.8. The molecule has 0 spiro atoms. The highest BCUT2D eigenvalue weighted by molar-refractivity contribution is 7.89. The van der Waals surface area contributed by atoms with Crippen LogP contribution in [0.1, 0.15) is 52.0 Å². The fourth-order valence-corrected chi connectivity index (χ4v) is 5.09. The van der Waals surface area contributed by atoms with Crippen molar-refractivity contribution in [2.45, 2.75) is 70.0 Å². The lowest BCUT2D eigenvalue weighted by atomic mass is 10.1. The molecule has 0 heterocycles. The van der Waals surface area contributed by atoms with Crippen molar-refractivity contribution < 1.29 is 18.0 Å². The van der Waals surface area contributed by atoms with Crippen molar-refractivity contribution in [3.63, 3.8) is 0 Å². The summed E-state index contributed by atoms with van der Waals surface area (Å²) < 4.78 is 26.8. The lowest BCUT2D eigenvalue weighted by Gasteiger charge is -2.32. The van der Waals surface area contributed by atoms with Crippen LogP contribution >= 0.6 is 11.6 Å². The van der Waals surface area contributed by atoms with E-state index in [1.54, 1.807) is 41.3 Å². The Morgan fingerprint density at radius 2 is 1.63 bits per heavy atom. The van der Waals surface area contributed by atoms with Crippen LogP contribution in [-0.4, -0.2) is 55.1 Å². The lowest BCUT2D eigenvalue weighted by molar-refractivity contribution is -0.141. The molecule has 0 aliphatic heterocycles. The minimum absolute atomic E-state index is 0.00865. The number of nitrogens with one attached hydrogen (secondary N) is 1. The van der Waals surface area contributed by atoms with Crippen molar-refractivity contribution in [2.24, 2.45) is 0 Å². The average molecular weight is 522 g/mol. The Hall–Kier alpha value is -2.42. The Kier molecular flexibility index (Phi) is 11.2. The number of carbonyl (C=O) groups excluding carboxylic acids is 2. The van der Waals surface area contributed by atoms with Gasteiger partial charge in [-0.1, -0.05) is 61.8 Å². The standard InChI is InChI=1S/C26H36ClN3O4S/c1-5-20(3)28-26(32)24(6-2)30(19-21-13-10-11-16-23(21)27)25(31)17-12-18-29(4)35(33,34)22-14-8-7-9-15-22/h7-11,13-16,20,24H,5-6,12,17-19H2,1-4H3,(H,28,32)/t20-,24-/m1/s1. The van der Waals surface area contributed by atoms with Gasteiger partial charge in [-0.15, -0.1) is 0 Å². The molecule has 0 radical (unpaired) electrons. The summed E-state index contributed by atoms with van der Waals surface area (Å²) in [6.07, 6.45) is 1.65. The summed E-state index contributed by atoms with van der Waals surface area (Å²) in [7, 11) is -2.13. The molecular formula is C26H36ClN3O4S. The fourth-order valence-electron chi connectivity index (χ4n) is 3.66. The van der Waals surface area contributed by atoms with Gasteiger partial charge < -0.3 is 10.2 Å². The first-order chi connectivity index (χ1) is 16.6. The maximum Gasteiger partial charge on any atom is 0.243 e. The van der Waals surface area contributed by atoms with Crippen LogP contribution in [-0.2, 0) is 26.2 Å². The highest BCUT2D eigenvalue weighted by Gasteiger charge is 2.30. The summed E-state index contributed by atoms with van der Waals surface area (Å²) in [4.78, 5) is 28.1. The van der Waals surface area contributed by atoms with Gasteiger partial charge in [-0.05, 0) is 49.9 Å². The van der Waals surface area contributed by atoms with Gasteiger partial charge in [0.25, 0.3) is 0 Å². The number of hydrogen-bond acceptors (Lipinski definition) is 4. The van der Waals surface area contributed by atoms with Gasteiger partial charge >= 0.3 is 0 Å². The first-order valence-electron chi connectivity index (χ1n) is 12.0. The van der Waals surface area contributed by atoms with Crippen molar-refractivity contribution in [3.8, 4) is 0 Å². The Morgan fingerprint density at radius 3 is 2.23 bits per heavy atom. The van der Waals surface area contributed by atoms with E-state index in [2.05, 4.69) is 5.32 Å². The monoisotopic (exact) mass is 521 g/mol. The molecule has 2 amide bonds. The maximum atomic E-state index is 13.4. The van der Waals surface area contributed by atoms with Crippen molar-refractivity contribution in [2.75, 3.05) is 13.6 Å². The average Bonchev–Trinajstić information content (AvgIpc) is 2.85. The Balaban J connectivity index is 2.15. The number of nitrogens with zero attached hydrogens (tertiary/aromatic N) is 2. The summed E-state index contributed by atoms with van der Waals surface area (Å²) in [6.45, 7) is 6.15. The van der Waals surface area contributed by atoms with Crippen LogP contribution in [0, 0.1) is 0 Å². The lowest BCUT2D eigenvalue weighted by Crippen LogP contribution is -2.50. The number of sulfonamides is 1. The number of carbonyl (C=O) groups is 2. The van der Waals surface area contributed by atoms with Gasteiger partial charge in [-0.2, -0.15) is 0 Å². The Labute approximate surface area is 214 Å². The third kappa shape index (κ3) is 8.05. The van der Waals surface area contributed by atoms with Gasteiger partial charge in [0.2, 0.25) is 21.8 Å². The molecule has 2 aromatic rings. The number of hydrogen-bond donors (Lipinski definition) is 1. The SMILES string of the molecule is CC[C@@H](C)NC(=O)[C@@H](CC)N(Cc1ccccc1Cl)C(=O)CCCN(C)S(=O)(=O)c1ccccc1. The second-order valence-electron chi connectivity index (χ2n) is 8.60. The van der Waals surface area contributed by atoms with Crippen molar-refractivity contribution in [1.82, 2.24) is 14.5 Å². The van der Waals surface area contributed by atoms with Crippen LogP contribution in [0.2, 0.25) is 5.02 Å². The smallest absolute Gasteiger partial charge is 0.243 e. The van der Waals surface area contributed by atoms with Gasteiger partial charge in [0, 0.05) is 37.6 Å². The molecule has 0 aromatic heterocycles. The van der Waals surface area contributed by atoms with Gasteiger partial charge in [-0.3, -0.25) is 9.59 Å². The summed E-state index contributed by atoms with van der Waals surface area (Å²) in [5.74, 6) is -0.424. The molecule has 0 fully saturated rings. The highest BCUT2D eigenvalue weighted by Crippen LogP contribution is 2.21. The zero-order valence-electron chi connectivity index (χ0n) is 20.9. The third-order valence-corrected chi connectivity index (χ3v) is 8.24. The molecule has 1 N–H and O–H groups in total. The van der Waals surface area contributed by atoms with E-state index in [9.17, 15) is 18.0 Å². The van der Waals surface area contributed by atoms with E-state index >= 15 is 0 Å². The second kappa shape index (κ2) is 13.6. The molecule has 2 rings (SSSR count).